The van der Waals surface area contributed by atoms with Crippen LogP contribution in [-0.4, -0.2) is 41.0 Å². The summed E-state index contributed by atoms with van der Waals surface area (Å²) in [6, 6.07) is 3.58. The second-order valence-electron chi connectivity index (χ2n) is 5.92. The third-order valence-electron chi connectivity index (χ3n) is 4.47. The highest BCUT2D eigenvalue weighted by Gasteiger charge is 2.25. The van der Waals surface area contributed by atoms with Crippen LogP contribution in [0.4, 0.5) is 11.4 Å². The number of anilines is 1. The molecule has 0 spiro atoms. The van der Waals surface area contributed by atoms with Crippen molar-refractivity contribution >= 4 is 34.3 Å². The highest BCUT2D eigenvalue weighted by molar-refractivity contribution is 7.09. The molecule has 8 heteroatoms. The fourth-order valence-electron chi connectivity index (χ4n) is 3.04. The molecule has 1 saturated heterocycles. The zero-order valence-corrected chi connectivity index (χ0v) is 15.2. The lowest BCUT2D eigenvalue weighted by molar-refractivity contribution is -0.385. The molecule has 1 aliphatic heterocycles. The lowest BCUT2D eigenvalue weighted by atomic mass is 10.1. The van der Waals surface area contributed by atoms with Crippen molar-refractivity contribution in [1.29, 1.82) is 0 Å². The maximum Gasteiger partial charge on any atom is 0.273 e. The molecule has 0 amide bonds. The quantitative estimate of drug-likeness (QED) is 0.606. The van der Waals surface area contributed by atoms with Gasteiger partial charge in [-0.2, -0.15) is 0 Å². The molecule has 1 aromatic heterocycles. The second-order valence-corrected chi connectivity index (χ2v) is 7.25. The first kappa shape index (κ1) is 17.1. The van der Waals surface area contributed by atoms with E-state index in [2.05, 4.69) is 21.7 Å². The summed E-state index contributed by atoms with van der Waals surface area (Å²) in [7, 11) is 0. The van der Waals surface area contributed by atoms with Gasteiger partial charge in [0.25, 0.3) is 5.69 Å². The lowest BCUT2D eigenvalue weighted by Gasteiger charge is -2.38. The van der Waals surface area contributed by atoms with E-state index in [0.717, 1.165) is 36.9 Å². The van der Waals surface area contributed by atoms with Crippen LogP contribution in [0.15, 0.2) is 23.7 Å². The minimum atomic E-state index is -0.390. The van der Waals surface area contributed by atoms with Crippen LogP contribution in [-0.2, 0) is 0 Å². The number of halogens is 1. The number of aromatic nitrogens is 1. The summed E-state index contributed by atoms with van der Waals surface area (Å²) in [5, 5.41) is 14.6. The Labute approximate surface area is 149 Å². The molecule has 1 fully saturated rings. The van der Waals surface area contributed by atoms with Gasteiger partial charge < -0.3 is 4.90 Å². The highest BCUT2D eigenvalue weighted by Crippen LogP contribution is 2.34. The largest absolute Gasteiger partial charge is 0.368 e. The van der Waals surface area contributed by atoms with Gasteiger partial charge >= 0.3 is 0 Å². The number of thiazole rings is 1. The molecule has 0 N–H and O–H groups in total. The summed E-state index contributed by atoms with van der Waals surface area (Å²) >= 11 is 7.97. The molecule has 1 aliphatic rings. The number of rotatable bonds is 4. The lowest BCUT2D eigenvalue weighted by Crippen LogP contribution is -2.47. The van der Waals surface area contributed by atoms with Crippen molar-refractivity contribution in [3.63, 3.8) is 0 Å². The molecule has 24 heavy (non-hydrogen) atoms. The summed E-state index contributed by atoms with van der Waals surface area (Å²) in [5.74, 6) is 0. The molecule has 0 aliphatic carbocycles. The van der Waals surface area contributed by atoms with Crippen molar-refractivity contribution in [1.82, 2.24) is 9.88 Å². The molecule has 2 heterocycles. The Bertz CT molecular complexity index is 730. The zero-order chi connectivity index (χ0) is 17.3. The number of nitrogens with zero attached hydrogens (tertiary/aromatic N) is 4. The molecule has 128 valence electrons. The van der Waals surface area contributed by atoms with Gasteiger partial charge in [-0.15, -0.1) is 11.3 Å². The molecule has 0 saturated carbocycles. The summed E-state index contributed by atoms with van der Waals surface area (Å²) in [4.78, 5) is 19.6. The fourth-order valence-corrected chi connectivity index (χ4v) is 4.05. The van der Waals surface area contributed by atoms with E-state index < -0.39 is 4.92 Å². The third-order valence-corrected chi connectivity index (χ3v) is 5.72. The van der Waals surface area contributed by atoms with Gasteiger partial charge in [-0.25, -0.2) is 4.98 Å². The Morgan fingerprint density at radius 1 is 1.33 bits per heavy atom. The molecular weight excluding hydrogens is 348 g/mol. The molecule has 6 nitrogen and oxygen atoms in total. The monoisotopic (exact) mass is 366 g/mol. The standard InChI is InChI=1S/C16H19ClN4O2S/c1-11-9-15(13(17)10-14(11)21(22)23)20-6-4-19(5-7-20)12(2)16-18-3-8-24-16/h3,8-10,12H,4-7H2,1-2H3. The first-order chi connectivity index (χ1) is 11.5. The number of hydrogen-bond acceptors (Lipinski definition) is 6. The number of hydrogen-bond donors (Lipinski definition) is 0. The van der Waals surface area contributed by atoms with Crippen LogP contribution < -0.4 is 4.90 Å². The van der Waals surface area contributed by atoms with E-state index in [1.807, 2.05) is 17.6 Å². The molecule has 3 rings (SSSR count). The molecule has 1 aromatic carbocycles. The van der Waals surface area contributed by atoms with E-state index in [-0.39, 0.29) is 5.69 Å². The van der Waals surface area contributed by atoms with Crippen molar-refractivity contribution in [3.8, 4) is 0 Å². The van der Waals surface area contributed by atoms with Gasteiger partial charge in [0.2, 0.25) is 0 Å². The van der Waals surface area contributed by atoms with Gasteiger partial charge in [0.05, 0.1) is 21.7 Å². The van der Waals surface area contributed by atoms with E-state index in [9.17, 15) is 10.1 Å². The van der Waals surface area contributed by atoms with Gasteiger partial charge in [0, 0.05) is 49.4 Å². The molecule has 0 radical (unpaired) electrons. The van der Waals surface area contributed by atoms with Gasteiger partial charge in [0.1, 0.15) is 5.01 Å². The predicted molar refractivity (Wildman–Crippen MR) is 97.2 cm³/mol. The Kier molecular flexibility index (Phi) is 5.03. The zero-order valence-electron chi connectivity index (χ0n) is 13.6. The Morgan fingerprint density at radius 2 is 2.04 bits per heavy atom. The van der Waals surface area contributed by atoms with Crippen LogP contribution in [0, 0.1) is 17.0 Å². The first-order valence-corrected chi connectivity index (χ1v) is 9.06. The van der Waals surface area contributed by atoms with Crippen molar-refractivity contribution in [3.05, 3.63) is 49.4 Å². The maximum atomic E-state index is 11.0. The summed E-state index contributed by atoms with van der Waals surface area (Å²) in [6.45, 7) is 7.43. The second kappa shape index (κ2) is 7.04. The van der Waals surface area contributed by atoms with Crippen LogP contribution in [0.25, 0.3) is 0 Å². The van der Waals surface area contributed by atoms with Crippen LogP contribution in [0.1, 0.15) is 23.5 Å². The van der Waals surface area contributed by atoms with Gasteiger partial charge in [-0.05, 0) is 19.9 Å². The molecular formula is C16H19ClN4O2S. The Hall–Kier alpha value is -1.70. The van der Waals surface area contributed by atoms with E-state index in [1.165, 1.54) is 6.07 Å². The maximum absolute atomic E-state index is 11.0. The molecule has 1 unspecified atom stereocenters. The van der Waals surface area contributed by atoms with Gasteiger partial charge in [-0.1, -0.05) is 11.6 Å². The van der Waals surface area contributed by atoms with E-state index in [1.54, 1.807) is 18.3 Å². The molecule has 0 bridgehead atoms. The highest BCUT2D eigenvalue weighted by atomic mass is 35.5. The smallest absolute Gasteiger partial charge is 0.273 e. The van der Waals surface area contributed by atoms with Crippen molar-refractivity contribution in [2.24, 2.45) is 0 Å². The van der Waals surface area contributed by atoms with Gasteiger partial charge in [-0.3, -0.25) is 15.0 Å². The minimum absolute atomic E-state index is 0.0692. The molecule has 2 aromatic rings. The minimum Gasteiger partial charge on any atom is -0.368 e. The van der Waals surface area contributed by atoms with E-state index in [0.29, 0.717) is 16.6 Å². The number of aryl methyl sites for hydroxylation is 1. The van der Waals surface area contributed by atoms with Gasteiger partial charge in [0.15, 0.2) is 0 Å². The van der Waals surface area contributed by atoms with E-state index in [4.69, 9.17) is 11.6 Å². The number of piperazine rings is 1. The summed E-state index contributed by atoms with van der Waals surface area (Å²) in [6.07, 6.45) is 1.84. The van der Waals surface area contributed by atoms with Crippen LogP contribution in [0.5, 0.6) is 0 Å². The number of benzene rings is 1. The van der Waals surface area contributed by atoms with E-state index >= 15 is 0 Å². The SMILES string of the molecule is Cc1cc(N2CCN(C(C)c3nccs3)CC2)c(Cl)cc1[N+](=O)[O-]. The predicted octanol–water partition coefficient (Wildman–Crippen LogP) is 3.90. The topological polar surface area (TPSA) is 62.5 Å². The Balaban J connectivity index is 1.71. The normalized spacial score (nSPS) is 17.0. The summed E-state index contributed by atoms with van der Waals surface area (Å²) < 4.78 is 0. The van der Waals surface area contributed by atoms with Crippen molar-refractivity contribution < 1.29 is 4.92 Å². The van der Waals surface area contributed by atoms with Crippen LogP contribution in [0.3, 0.4) is 0 Å². The third kappa shape index (κ3) is 3.38. The summed E-state index contributed by atoms with van der Waals surface area (Å²) in [5.41, 5.74) is 1.58. The van der Waals surface area contributed by atoms with Crippen LogP contribution in [0.2, 0.25) is 5.02 Å². The average Bonchev–Trinajstić information content (AvgIpc) is 3.10. The first-order valence-electron chi connectivity index (χ1n) is 7.80. The number of nitro benzene ring substituents is 1. The molecule has 1 atom stereocenters. The van der Waals surface area contributed by atoms with Crippen molar-refractivity contribution in [2.45, 2.75) is 19.9 Å². The fraction of sp³-hybridized carbons (Fsp3) is 0.438. The Morgan fingerprint density at radius 3 is 2.62 bits per heavy atom. The average molecular weight is 367 g/mol. The van der Waals surface area contributed by atoms with Crippen molar-refractivity contribution in [2.75, 3.05) is 31.1 Å². The number of nitro groups is 1. The van der Waals surface area contributed by atoms with Crippen LogP contribution >= 0.6 is 22.9 Å².